The maximum absolute atomic E-state index is 11.2. The van der Waals surface area contributed by atoms with Crippen molar-refractivity contribution < 1.29 is 4.79 Å². The number of hydrogen-bond donors (Lipinski definition) is 0. The van der Waals surface area contributed by atoms with Crippen LogP contribution in [0.2, 0.25) is 0 Å². The standard InChI is InChI=1S/C8H7Br2NO/c1-5-2-6(7(12)4-9)3-8(10)11-5/h2-3H,4H2,1H3. The van der Waals surface area contributed by atoms with Gasteiger partial charge in [-0.3, -0.25) is 4.79 Å². The second kappa shape index (κ2) is 4.14. The van der Waals surface area contributed by atoms with Crippen molar-refractivity contribution in [2.45, 2.75) is 6.92 Å². The number of alkyl halides is 1. The number of aryl methyl sites for hydroxylation is 1. The summed E-state index contributed by atoms with van der Waals surface area (Å²) in [6, 6.07) is 3.49. The molecule has 0 amide bonds. The minimum atomic E-state index is 0.0706. The summed E-state index contributed by atoms with van der Waals surface area (Å²) < 4.78 is 0.701. The van der Waals surface area contributed by atoms with E-state index in [4.69, 9.17) is 0 Å². The third-order valence-electron chi connectivity index (χ3n) is 1.37. The molecule has 0 saturated carbocycles. The topological polar surface area (TPSA) is 30.0 Å². The van der Waals surface area contributed by atoms with Gasteiger partial charge in [0.05, 0.1) is 5.33 Å². The van der Waals surface area contributed by atoms with E-state index in [-0.39, 0.29) is 5.78 Å². The summed E-state index contributed by atoms with van der Waals surface area (Å²) in [7, 11) is 0. The molecule has 0 aliphatic rings. The van der Waals surface area contributed by atoms with Crippen LogP contribution in [0.4, 0.5) is 0 Å². The smallest absolute Gasteiger partial charge is 0.173 e. The van der Waals surface area contributed by atoms with Gasteiger partial charge in [0.25, 0.3) is 0 Å². The van der Waals surface area contributed by atoms with Gasteiger partial charge >= 0.3 is 0 Å². The Morgan fingerprint density at radius 2 is 2.25 bits per heavy atom. The largest absolute Gasteiger partial charge is 0.293 e. The molecule has 1 aromatic rings. The SMILES string of the molecule is Cc1cc(C(=O)CBr)cc(Br)n1. The first-order chi connectivity index (χ1) is 5.63. The van der Waals surface area contributed by atoms with Crippen molar-refractivity contribution in [2.75, 3.05) is 5.33 Å². The number of ketones is 1. The average molecular weight is 293 g/mol. The maximum Gasteiger partial charge on any atom is 0.173 e. The molecule has 0 radical (unpaired) electrons. The number of rotatable bonds is 2. The van der Waals surface area contributed by atoms with Crippen LogP contribution in [-0.4, -0.2) is 16.1 Å². The van der Waals surface area contributed by atoms with E-state index in [9.17, 15) is 4.79 Å². The highest BCUT2D eigenvalue weighted by molar-refractivity contribution is 9.10. The van der Waals surface area contributed by atoms with Crippen LogP contribution in [0.25, 0.3) is 0 Å². The molecule has 1 aromatic heterocycles. The summed E-state index contributed by atoms with van der Waals surface area (Å²) in [6.45, 7) is 1.86. The van der Waals surface area contributed by atoms with E-state index in [1.165, 1.54) is 0 Å². The molecule has 0 bridgehead atoms. The fourth-order valence-corrected chi connectivity index (χ4v) is 1.72. The van der Waals surface area contributed by atoms with Gasteiger partial charge in [-0.25, -0.2) is 4.98 Å². The zero-order chi connectivity index (χ0) is 9.14. The zero-order valence-electron chi connectivity index (χ0n) is 6.47. The van der Waals surface area contributed by atoms with Crippen molar-refractivity contribution in [3.63, 3.8) is 0 Å². The van der Waals surface area contributed by atoms with Crippen LogP contribution in [0.1, 0.15) is 16.1 Å². The minimum absolute atomic E-state index is 0.0706. The van der Waals surface area contributed by atoms with Crippen molar-refractivity contribution in [2.24, 2.45) is 0 Å². The van der Waals surface area contributed by atoms with Gasteiger partial charge < -0.3 is 0 Å². The summed E-state index contributed by atoms with van der Waals surface area (Å²) in [5.74, 6) is 0.0706. The first-order valence-electron chi connectivity index (χ1n) is 3.37. The fraction of sp³-hybridized carbons (Fsp3) is 0.250. The molecule has 64 valence electrons. The van der Waals surface area contributed by atoms with E-state index in [1.807, 2.05) is 6.92 Å². The highest BCUT2D eigenvalue weighted by atomic mass is 79.9. The summed E-state index contributed by atoms with van der Waals surface area (Å²) >= 11 is 6.35. The monoisotopic (exact) mass is 291 g/mol. The Morgan fingerprint density at radius 1 is 1.58 bits per heavy atom. The number of carbonyl (C=O) groups excluding carboxylic acids is 1. The first-order valence-corrected chi connectivity index (χ1v) is 5.28. The number of hydrogen-bond acceptors (Lipinski definition) is 2. The number of halogens is 2. The molecule has 1 rings (SSSR count). The van der Waals surface area contributed by atoms with Gasteiger partial charge in [-0.05, 0) is 35.0 Å². The highest BCUT2D eigenvalue weighted by Crippen LogP contribution is 2.12. The lowest BCUT2D eigenvalue weighted by Crippen LogP contribution is -2.01. The van der Waals surface area contributed by atoms with Crippen LogP contribution in [0.15, 0.2) is 16.7 Å². The number of pyridine rings is 1. The Balaban J connectivity index is 3.08. The van der Waals surface area contributed by atoms with Gasteiger partial charge in [0.1, 0.15) is 4.60 Å². The molecule has 2 nitrogen and oxygen atoms in total. The molecular formula is C8H7Br2NO. The summed E-state index contributed by atoms with van der Waals surface area (Å²) in [6.07, 6.45) is 0. The molecule has 0 aromatic carbocycles. The van der Waals surface area contributed by atoms with Gasteiger partial charge in [-0.1, -0.05) is 15.9 Å². The Bertz CT molecular complexity index is 292. The van der Waals surface area contributed by atoms with E-state index >= 15 is 0 Å². The van der Waals surface area contributed by atoms with Crippen molar-refractivity contribution >= 4 is 37.6 Å². The molecular weight excluding hydrogens is 286 g/mol. The number of Topliss-reactive ketones (excluding diaryl/α,β-unsaturated/α-hetero) is 1. The van der Waals surface area contributed by atoms with Crippen LogP contribution in [0, 0.1) is 6.92 Å². The Hall–Kier alpha value is -0.220. The van der Waals surface area contributed by atoms with Crippen LogP contribution in [-0.2, 0) is 0 Å². The van der Waals surface area contributed by atoms with Crippen LogP contribution < -0.4 is 0 Å². The van der Waals surface area contributed by atoms with Crippen LogP contribution in [0.3, 0.4) is 0 Å². The third kappa shape index (κ3) is 2.38. The molecule has 0 saturated heterocycles. The molecule has 0 N–H and O–H groups in total. The van der Waals surface area contributed by atoms with E-state index in [1.54, 1.807) is 12.1 Å². The molecule has 12 heavy (non-hydrogen) atoms. The fourth-order valence-electron chi connectivity index (χ4n) is 0.866. The lowest BCUT2D eigenvalue weighted by molar-refractivity contribution is 0.102. The number of carbonyl (C=O) groups is 1. The van der Waals surface area contributed by atoms with E-state index in [0.29, 0.717) is 15.5 Å². The summed E-state index contributed by atoms with van der Waals surface area (Å²) in [4.78, 5) is 15.3. The summed E-state index contributed by atoms with van der Waals surface area (Å²) in [5.41, 5.74) is 1.53. The Labute approximate surface area is 87.6 Å². The first kappa shape index (κ1) is 9.86. The lowest BCUT2D eigenvalue weighted by atomic mass is 10.2. The normalized spacial score (nSPS) is 9.92. The summed E-state index contributed by atoms with van der Waals surface area (Å²) in [5, 5.41) is 0.350. The van der Waals surface area contributed by atoms with Gasteiger partial charge in [-0.2, -0.15) is 0 Å². The second-order valence-corrected chi connectivity index (χ2v) is 3.75. The molecule has 0 aliphatic heterocycles. The minimum Gasteiger partial charge on any atom is -0.293 e. The molecule has 0 atom stereocenters. The average Bonchev–Trinajstić information content (AvgIpc) is 2.01. The van der Waals surface area contributed by atoms with Gasteiger partial charge in [0.15, 0.2) is 5.78 Å². The van der Waals surface area contributed by atoms with Gasteiger partial charge in [-0.15, -0.1) is 0 Å². The lowest BCUT2D eigenvalue weighted by Gasteiger charge is -1.99. The predicted molar refractivity (Wildman–Crippen MR) is 54.8 cm³/mol. The van der Waals surface area contributed by atoms with Crippen molar-refractivity contribution in [3.8, 4) is 0 Å². The number of aromatic nitrogens is 1. The highest BCUT2D eigenvalue weighted by Gasteiger charge is 2.05. The third-order valence-corrected chi connectivity index (χ3v) is 2.28. The molecule has 0 unspecified atom stereocenters. The van der Waals surface area contributed by atoms with Crippen molar-refractivity contribution in [1.29, 1.82) is 0 Å². The quantitative estimate of drug-likeness (QED) is 0.477. The maximum atomic E-state index is 11.2. The van der Waals surface area contributed by atoms with Crippen LogP contribution >= 0.6 is 31.9 Å². The molecule has 0 spiro atoms. The molecule has 1 heterocycles. The van der Waals surface area contributed by atoms with Crippen LogP contribution in [0.5, 0.6) is 0 Å². The number of nitrogens with zero attached hydrogens (tertiary/aromatic N) is 1. The van der Waals surface area contributed by atoms with Gasteiger partial charge in [0, 0.05) is 11.3 Å². The van der Waals surface area contributed by atoms with Gasteiger partial charge in [0.2, 0.25) is 0 Å². The molecule has 0 aliphatic carbocycles. The zero-order valence-corrected chi connectivity index (χ0v) is 9.65. The molecule has 4 heteroatoms. The second-order valence-electron chi connectivity index (χ2n) is 2.38. The van der Waals surface area contributed by atoms with E-state index in [2.05, 4.69) is 36.8 Å². The predicted octanol–water partition coefficient (Wildman–Crippen LogP) is 2.73. The van der Waals surface area contributed by atoms with E-state index in [0.717, 1.165) is 5.69 Å². The van der Waals surface area contributed by atoms with Crippen molar-refractivity contribution in [3.05, 3.63) is 28.0 Å². The van der Waals surface area contributed by atoms with E-state index < -0.39 is 0 Å². The Morgan fingerprint density at radius 3 is 2.75 bits per heavy atom. The Kier molecular flexibility index (Phi) is 3.40. The van der Waals surface area contributed by atoms with Crippen molar-refractivity contribution in [1.82, 2.24) is 4.98 Å². The molecule has 0 fully saturated rings.